The second kappa shape index (κ2) is 9.71. The molecule has 0 radical (unpaired) electrons. The van der Waals surface area contributed by atoms with Gasteiger partial charge in [-0.15, -0.1) is 11.3 Å². The summed E-state index contributed by atoms with van der Waals surface area (Å²) < 4.78 is 28.1. The molecule has 6 heteroatoms. The van der Waals surface area contributed by atoms with Crippen LogP contribution in [0.4, 0.5) is 5.69 Å². The van der Waals surface area contributed by atoms with Gasteiger partial charge in [-0.1, -0.05) is 62.8 Å². The minimum Gasteiger partial charge on any atom is -0.310 e. The van der Waals surface area contributed by atoms with Crippen molar-refractivity contribution in [2.24, 2.45) is 5.92 Å². The van der Waals surface area contributed by atoms with E-state index in [4.69, 9.17) is 0 Å². The molecule has 2 aromatic rings. The topological polar surface area (TPSA) is 58.2 Å². The maximum atomic E-state index is 12.5. The van der Waals surface area contributed by atoms with Crippen molar-refractivity contribution in [3.63, 3.8) is 0 Å². The Balaban J connectivity index is 1.59. The highest BCUT2D eigenvalue weighted by atomic mass is 32.2. The van der Waals surface area contributed by atoms with Gasteiger partial charge >= 0.3 is 0 Å². The predicted octanol–water partition coefficient (Wildman–Crippen LogP) is 5.39. The van der Waals surface area contributed by atoms with Crippen LogP contribution in [0.15, 0.2) is 46.0 Å². The van der Waals surface area contributed by atoms with Crippen LogP contribution in [0.2, 0.25) is 0 Å². The first-order chi connectivity index (χ1) is 13.0. The van der Waals surface area contributed by atoms with Crippen LogP contribution in [0.3, 0.4) is 0 Å². The summed E-state index contributed by atoms with van der Waals surface area (Å²) in [5, 5.41) is 5.37. The monoisotopic (exact) mass is 406 g/mol. The van der Waals surface area contributed by atoms with Crippen molar-refractivity contribution in [3.8, 4) is 0 Å². The molecule has 0 spiro atoms. The van der Waals surface area contributed by atoms with Gasteiger partial charge in [-0.25, -0.2) is 8.42 Å². The summed E-state index contributed by atoms with van der Waals surface area (Å²) in [4.78, 5) is 0. The molecule has 1 aliphatic carbocycles. The van der Waals surface area contributed by atoms with Crippen LogP contribution in [-0.2, 0) is 16.6 Å². The molecule has 3 rings (SSSR count). The van der Waals surface area contributed by atoms with Gasteiger partial charge in [0.2, 0.25) is 0 Å². The molecule has 0 unspecified atom stereocenters. The summed E-state index contributed by atoms with van der Waals surface area (Å²) >= 11 is 1.23. The molecular formula is C21H30N2O2S2. The Morgan fingerprint density at radius 3 is 2.52 bits per heavy atom. The normalized spacial score (nSPS) is 17.4. The third kappa shape index (κ3) is 6.06. The van der Waals surface area contributed by atoms with E-state index in [1.54, 1.807) is 17.5 Å². The average molecular weight is 407 g/mol. The van der Waals surface area contributed by atoms with E-state index < -0.39 is 10.0 Å². The van der Waals surface area contributed by atoms with Crippen molar-refractivity contribution in [2.75, 3.05) is 4.72 Å². The number of para-hydroxylation sites is 1. The van der Waals surface area contributed by atoms with Gasteiger partial charge in [-0.2, -0.15) is 0 Å². The lowest BCUT2D eigenvalue weighted by Crippen LogP contribution is -2.28. The summed E-state index contributed by atoms with van der Waals surface area (Å²) in [5.41, 5.74) is 1.63. The molecular weight excluding hydrogens is 376 g/mol. The van der Waals surface area contributed by atoms with E-state index in [-0.39, 0.29) is 0 Å². The van der Waals surface area contributed by atoms with Crippen LogP contribution in [-0.4, -0.2) is 14.5 Å². The van der Waals surface area contributed by atoms with E-state index in [9.17, 15) is 8.42 Å². The molecule has 1 fully saturated rings. The fourth-order valence-electron chi connectivity index (χ4n) is 3.85. The number of sulfonamides is 1. The van der Waals surface area contributed by atoms with Gasteiger partial charge in [-0.3, -0.25) is 4.72 Å². The summed E-state index contributed by atoms with van der Waals surface area (Å²) in [5.74, 6) is 0.822. The van der Waals surface area contributed by atoms with E-state index in [1.165, 1.54) is 56.3 Å². The average Bonchev–Trinajstić information content (AvgIpc) is 3.08. The lowest BCUT2D eigenvalue weighted by Gasteiger charge is -2.21. The molecule has 4 nitrogen and oxygen atoms in total. The van der Waals surface area contributed by atoms with Crippen LogP contribution in [0.1, 0.15) is 57.4 Å². The highest BCUT2D eigenvalue weighted by molar-refractivity contribution is 7.94. The Morgan fingerprint density at radius 2 is 1.81 bits per heavy atom. The molecule has 148 valence electrons. The number of thiophene rings is 1. The number of rotatable bonds is 8. The zero-order chi connectivity index (χ0) is 19.1. The second-order valence-corrected chi connectivity index (χ2v) is 10.4. The number of hydrogen-bond acceptors (Lipinski definition) is 4. The number of hydrogen-bond donors (Lipinski definition) is 2. The first-order valence-electron chi connectivity index (χ1n) is 9.92. The SMILES string of the molecule is C[C@@H](CC1CCCCCC1)NCc1ccccc1NS(=O)(=O)c1cccs1. The molecule has 27 heavy (non-hydrogen) atoms. The molecule has 1 saturated carbocycles. The molecule has 0 amide bonds. The van der Waals surface area contributed by atoms with Gasteiger partial charge in [0, 0.05) is 12.6 Å². The lowest BCUT2D eigenvalue weighted by molar-refractivity contribution is 0.363. The Labute approximate surface area is 167 Å². The molecule has 0 aliphatic heterocycles. The quantitative estimate of drug-likeness (QED) is 0.578. The van der Waals surface area contributed by atoms with E-state index in [0.717, 1.165) is 11.5 Å². The molecule has 1 aliphatic rings. The van der Waals surface area contributed by atoms with Crippen molar-refractivity contribution in [1.82, 2.24) is 5.32 Å². The zero-order valence-electron chi connectivity index (χ0n) is 16.0. The van der Waals surface area contributed by atoms with E-state index in [2.05, 4.69) is 17.0 Å². The molecule has 1 aromatic carbocycles. The summed E-state index contributed by atoms with van der Waals surface area (Å²) in [6.45, 7) is 2.90. The van der Waals surface area contributed by atoms with Gasteiger partial charge in [0.1, 0.15) is 4.21 Å². The van der Waals surface area contributed by atoms with Crippen molar-refractivity contribution < 1.29 is 8.42 Å². The summed E-state index contributed by atoms with van der Waals surface area (Å²) in [6, 6.07) is 11.4. The van der Waals surface area contributed by atoms with E-state index >= 15 is 0 Å². The third-order valence-corrected chi connectivity index (χ3v) is 8.09. The maximum absolute atomic E-state index is 12.5. The van der Waals surface area contributed by atoms with Crippen molar-refractivity contribution in [1.29, 1.82) is 0 Å². The molecule has 0 saturated heterocycles. The maximum Gasteiger partial charge on any atom is 0.271 e. The first-order valence-corrected chi connectivity index (χ1v) is 12.3. The van der Waals surface area contributed by atoms with Crippen LogP contribution >= 0.6 is 11.3 Å². The van der Waals surface area contributed by atoms with Crippen molar-refractivity contribution in [2.45, 2.75) is 68.7 Å². The minimum atomic E-state index is -3.52. The number of benzene rings is 1. The summed E-state index contributed by atoms with van der Waals surface area (Å²) in [6.07, 6.45) is 9.40. The highest BCUT2D eigenvalue weighted by Crippen LogP contribution is 2.27. The van der Waals surface area contributed by atoms with E-state index in [0.29, 0.717) is 22.5 Å². The first kappa shape index (κ1) is 20.4. The van der Waals surface area contributed by atoms with Gasteiger partial charge in [0.05, 0.1) is 5.69 Å². The number of nitrogens with one attached hydrogen (secondary N) is 2. The van der Waals surface area contributed by atoms with Crippen LogP contribution in [0.5, 0.6) is 0 Å². The Morgan fingerprint density at radius 1 is 1.07 bits per heavy atom. The number of anilines is 1. The van der Waals surface area contributed by atoms with Crippen molar-refractivity contribution >= 4 is 27.0 Å². The molecule has 0 bridgehead atoms. The van der Waals surface area contributed by atoms with Gasteiger partial charge in [0.25, 0.3) is 10.0 Å². The molecule has 1 aromatic heterocycles. The standard InChI is InChI=1S/C21H30N2O2S2/c1-17(15-18-9-4-2-3-5-10-18)22-16-19-11-6-7-12-20(19)23-27(24,25)21-13-8-14-26-21/h6-8,11-14,17-18,22-23H,2-5,9-10,15-16H2,1H3/t17-/m0/s1. The third-order valence-electron chi connectivity index (χ3n) is 5.32. The Hall–Kier alpha value is -1.37. The molecule has 1 heterocycles. The smallest absolute Gasteiger partial charge is 0.271 e. The Kier molecular flexibility index (Phi) is 7.33. The molecule has 2 N–H and O–H groups in total. The highest BCUT2D eigenvalue weighted by Gasteiger charge is 2.18. The van der Waals surface area contributed by atoms with Crippen molar-refractivity contribution in [3.05, 3.63) is 47.3 Å². The largest absolute Gasteiger partial charge is 0.310 e. The fraction of sp³-hybridized carbons (Fsp3) is 0.524. The second-order valence-electron chi connectivity index (χ2n) is 7.57. The van der Waals surface area contributed by atoms with E-state index in [1.807, 2.05) is 24.3 Å². The van der Waals surface area contributed by atoms with Gasteiger partial charge in [0.15, 0.2) is 0 Å². The zero-order valence-corrected chi connectivity index (χ0v) is 17.6. The lowest BCUT2D eigenvalue weighted by atomic mass is 9.93. The minimum absolute atomic E-state index is 0.340. The van der Waals surface area contributed by atoms with Gasteiger partial charge < -0.3 is 5.32 Å². The fourth-order valence-corrected chi connectivity index (χ4v) is 5.95. The van der Waals surface area contributed by atoms with Gasteiger partial charge in [-0.05, 0) is 42.3 Å². The molecule has 1 atom stereocenters. The van der Waals surface area contributed by atoms with Crippen LogP contribution in [0.25, 0.3) is 0 Å². The Bertz CT molecular complexity index is 795. The summed E-state index contributed by atoms with van der Waals surface area (Å²) in [7, 11) is -3.52. The predicted molar refractivity (Wildman–Crippen MR) is 114 cm³/mol. The van der Waals surface area contributed by atoms with Crippen LogP contribution < -0.4 is 10.0 Å². The van der Waals surface area contributed by atoms with Crippen LogP contribution in [0, 0.1) is 5.92 Å².